The SMILES string of the molecule is CC(C)c1ccccc1C(O)c1ccccc1C(C)(C)C. The highest BCUT2D eigenvalue weighted by molar-refractivity contribution is 5.42. The quantitative estimate of drug-likeness (QED) is 0.821. The molecule has 0 amide bonds. The molecular weight excluding hydrogens is 256 g/mol. The van der Waals surface area contributed by atoms with Gasteiger partial charge in [0.1, 0.15) is 6.10 Å². The molecule has 1 unspecified atom stereocenters. The predicted molar refractivity (Wildman–Crippen MR) is 89.7 cm³/mol. The highest BCUT2D eigenvalue weighted by Crippen LogP contribution is 2.35. The van der Waals surface area contributed by atoms with Crippen LogP contribution >= 0.6 is 0 Å². The van der Waals surface area contributed by atoms with E-state index in [1.165, 1.54) is 11.1 Å². The second-order valence-electron chi connectivity index (χ2n) is 7.02. The molecule has 2 aromatic rings. The Morgan fingerprint density at radius 1 is 0.762 bits per heavy atom. The highest BCUT2D eigenvalue weighted by atomic mass is 16.3. The van der Waals surface area contributed by atoms with E-state index < -0.39 is 6.10 Å². The van der Waals surface area contributed by atoms with Crippen LogP contribution in [0.1, 0.15) is 68.9 Å². The minimum Gasteiger partial charge on any atom is -0.384 e. The van der Waals surface area contributed by atoms with Crippen molar-refractivity contribution in [2.45, 2.75) is 52.1 Å². The summed E-state index contributed by atoms with van der Waals surface area (Å²) in [5, 5.41) is 11.0. The molecule has 0 saturated heterocycles. The molecule has 1 nitrogen and oxygen atoms in total. The van der Waals surface area contributed by atoms with Crippen LogP contribution in [0.15, 0.2) is 48.5 Å². The summed E-state index contributed by atoms with van der Waals surface area (Å²) in [6.45, 7) is 10.9. The van der Waals surface area contributed by atoms with Gasteiger partial charge in [-0.05, 0) is 33.6 Å². The van der Waals surface area contributed by atoms with E-state index in [0.29, 0.717) is 5.92 Å². The third-order valence-electron chi connectivity index (χ3n) is 3.98. The van der Waals surface area contributed by atoms with Crippen LogP contribution in [-0.4, -0.2) is 5.11 Å². The summed E-state index contributed by atoms with van der Waals surface area (Å²) in [6, 6.07) is 16.4. The van der Waals surface area contributed by atoms with Gasteiger partial charge in [-0.15, -0.1) is 0 Å². The van der Waals surface area contributed by atoms with Gasteiger partial charge >= 0.3 is 0 Å². The Labute approximate surface area is 128 Å². The van der Waals surface area contributed by atoms with Gasteiger partial charge in [-0.3, -0.25) is 0 Å². The van der Waals surface area contributed by atoms with E-state index in [9.17, 15) is 5.11 Å². The fraction of sp³-hybridized carbons (Fsp3) is 0.400. The largest absolute Gasteiger partial charge is 0.384 e. The lowest BCUT2D eigenvalue weighted by molar-refractivity contribution is 0.216. The van der Waals surface area contributed by atoms with Gasteiger partial charge in [-0.2, -0.15) is 0 Å². The molecule has 0 fully saturated rings. The van der Waals surface area contributed by atoms with E-state index in [2.05, 4.69) is 46.8 Å². The monoisotopic (exact) mass is 282 g/mol. The minimum atomic E-state index is -0.570. The summed E-state index contributed by atoms with van der Waals surface area (Å²) >= 11 is 0. The number of rotatable bonds is 3. The molecule has 0 bridgehead atoms. The first-order valence-corrected chi connectivity index (χ1v) is 7.68. The number of aliphatic hydroxyl groups is 1. The molecule has 1 heteroatoms. The van der Waals surface area contributed by atoms with Gasteiger partial charge in [-0.1, -0.05) is 83.1 Å². The van der Waals surface area contributed by atoms with Gasteiger partial charge in [0, 0.05) is 0 Å². The first-order valence-electron chi connectivity index (χ1n) is 7.68. The second-order valence-corrected chi connectivity index (χ2v) is 7.02. The molecule has 0 aliphatic rings. The van der Waals surface area contributed by atoms with Crippen LogP contribution in [0.3, 0.4) is 0 Å². The van der Waals surface area contributed by atoms with Crippen molar-refractivity contribution in [1.82, 2.24) is 0 Å². The summed E-state index contributed by atoms with van der Waals surface area (Å²) in [7, 11) is 0. The van der Waals surface area contributed by atoms with Crippen molar-refractivity contribution < 1.29 is 5.11 Å². The van der Waals surface area contributed by atoms with E-state index in [4.69, 9.17) is 0 Å². The van der Waals surface area contributed by atoms with Gasteiger partial charge in [0.05, 0.1) is 0 Å². The van der Waals surface area contributed by atoms with E-state index in [1.54, 1.807) is 0 Å². The first kappa shape index (κ1) is 15.8. The summed E-state index contributed by atoms with van der Waals surface area (Å²) in [4.78, 5) is 0. The third kappa shape index (κ3) is 3.36. The van der Waals surface area contributed by atoms with E-state index in [-0.39, 0.29) is 5.41 Å². The summed E-state index contributed by atoms with van der Waals surface area (Å²) < 4.78 is 0. The van der Waals surface area contributed by atoms with E-state index in [1.807, 2.05) is 36.4 Å². The van der Waals surface area contributed by atoms with Crippen molar-refractivity contribution in [3.8, 4) is 0 Å². The molecule has 0 saturated carbocycles. The Morgan fingerprint density at radius 2 is 1.24 bits per heavy atom. The molecule has 2 rings (SSSR count). The minimum absolute atomic E-state index is 0.0182. The summed E-state index contributed by atoms with van der Waals surface area (Å²) in [6.07, 6.45) is -0.570. The molecule has 2 aromatic carbocycles. The van der Waals surface area contributed by atoms with Crippen LogP contribution < -0.4 is 0 Å². The van der Waals surface area contributed by atoms with Crippen molar-refractivity contribution in [3.05, 3.63) is 70.8 Å². The van der Waals surface area contributed by atoms with Crippen LogP contribution in [-0.2, 0) is 5.41 Å². The molecule has 1 atom stereocenters. The molecule has 1 N–H and O–H groups in total. The Hall–Kier alpha value is -1.60. The average molecular weight is 282 g/mol. The van der Waals surface area contributed by atoms with Crippen LogP contribution in [0.5, 0.6) is 0 Å². The Morgan fingerprint density at radius 3 is 1.76 bits per heavy atom. The van der Waals surface area contributed by atoms with Crippen molar-refractivity contribution in [1.29, 1.82) is 0 Å². The molecule has 0 aliphatic carbocycles. The first-order chi connectivity index (χ1) is 9.82. The average Bonchev–Trinajstić information content (AvgIpc) is 2.45. The van der Waals surface area contributed by atoms with Crippen molar-refractivity contribution >= 4 is 0 Å². The maximum Gasteiger partial charge on any atom is 0.105 e. The van der Waals surface area contributed by atoms with Gasteiger partial charge in [0.25, 0.3) is 0 Å². The van der Waals surface area contributed by atoms with Gasteiger partial charge in [0.2, 0.25) is 0 Å². The predicted octanol–water partition coefficient (Wildman–Crippen LogP) is 5.19. The molecule has 0 aromatic heterocycles. The van der Waals surface area contributed by atoms with Crippen molar-refractivity contribution in [2.24, 2.45) is 0 Å². The van der Waals surface area contributed by atoms with Crippen LogP contribution in [0.2, 0.25) is 0 Å². The van der Waals surface area contributed by atoms with Gasteiger partial charge in [0.15, 0.2) is 0 Å². The van der Waals surface area contributed by atoms with E-state index in [0.717, 1.165) is 11.1 Å². The summed E-state index contributed by atoms with van der Waals surface area (Å²) in [5.74, 6) is 0.401. The van der Waals surface area contributed by atoms with Crippen LogP contribution in [0, 0.1) is 0 Å². The molecule has 0 spiro atoms. The van der Waals surface area contributed by atoms with Gasteiger partial charge < -0.3 is 5.11 Å². The molecule has 112 valence electrons. The molecule has 0 radical (unpaired) electrons. The molecule has 21 heavy (non-hydrogen) atoms. The smallest absolute Gasteiger partial charge is 0.105 e. The molecular formula is C20H26O. The highest BCUT2D eigenvalue weighted by Gasteiger charge is 2.23. The van der Waals surface area contributed by atoms with Crippen LogP contribution in [0.4, 0.5) is 0 Å². The Bertz CT molecular complexity index is 605. The van der Waals surface area contributed by atoms with E-state index >= 15 is 0 Å². The second kappa shape index (κ2) is 6.03. The summed E-state index contributed by atoms with van der Waals surface area (Å²) in [5.41, 5.74) is 4.47. The third-order valence-corrected chi connectivity index (χ3v) is 3.98. The van der Waals surface area contributed by atoms with Crippen LogP contribution in [0.25, 0.3) is 0 Å². The maximum atomic E-state index is 11.0. The fourth-order valence-corrected chi connectivity index (χ4v) is 2.87. The number of aliphatic hydroxyl groups excluding tert-OH is 1. The number of benzene rings is 2. The standard InChI is InChI=1S/C20H26O/c1-14(2)15-10-6-7-11-16(15)19(21)17-12-8-9-13-18(17)20(3,4)5/h6-14,19,21H,1-5H3. The maximum absolute atomic E-state index is 11.0. The fourth-order valence-electron chi connectivity index (χ4n) is 2.87. The zero-order chi connectivity index (χ0) is 15.6. The zero-order valence-electron chi connectivity index (χ0n) is 13.7. The molecule has 0 heterocycles. The van der Waals surface area contributed by atoms with Gasteiger partial charge in [-0.25, -0.2) is 0 Å². The van der Waals surface area contributed by atoms with Crippen molar-refractivity contribution in [3.63, 3.8) is 0 Å². The topological polar surface area (TPSA) is 20.2 Å². The lowest BCUT2D eigenvalue weighted by Gasteiger charge is -2.26. The molecule has 0 aliphatic heterocycles. The lowest BCUT2D eigenvalue weighted by Crippen LogP contribution is -2.17. The number of hydrogen-bond acceptors (Lipinski definition) is 1. The Kier molecular flexibility index (Phi) is 4.53. The lowest BCUT2D eigenvalue weighted by atomic mass is 9.80. The Balaban J connectivity index is 2.54. The number of hydrogen-bond donors (Lipinski definition) is 1. The normalized spacial score (nSPS) is 13.5. The van der Waals surface area contributed by atoms with Crippen molar-refractivity contribution in [2.75, 3.05) is 0 Å². The zero-order valence-corrected chi connectivity index (χ0v) is 13.7.